The lowest BCUT2D eigenvalue weighted by Crippen LogP contribution is -2.53. The number of amides is 2. The minimum atomic E-state index is -1.30. The molecule has 0 aromatic rings. The highest BCUT2D eigenvalue weighted by molar-refractivity contribution is 5.83. The van der Waals surface area contributed by atoms with Crippen LogP contribution in [0.15, 0.2) is 0 Å². The summed E-state index contributed by atoms with van der Waals surface area (Å²) >= 11 is 0. The van der Waals surface area contributed by atoms with Crippen molar-refractivity contribution < 1.29 is 19.8 Å². The average Bonchev–Trinajstić information content (AvgIpc) is 2.11. The number of likely N-dealkylation sites (N-methyl/N-ethyl adjacent to an activating group) is 1. The van der Waals surface area contributed by atoms with Crippen molar-refractivity contribution in [2.75, 3.05) is 20.6 Å². The third-order valence-electron chi connectivity index (χ3n) is 2.05. The van der Waals surface area contributed by atoms with Crippen LogP contribution in [0.2, 0.25) is 0 Å². The molecule has 0 aromatic carbocycles. The molecule has 7 nitrogen and oxygen atoms in total. The Hall–Kier alpha value is -1.34. The van der Waals surface area contributed by atoms with Crippen LogP contribution >= 0.6 is 0 Å². The van der Waals surface area contributed by atoms with Crippen molar-refractivity contribution in [2.24, 2.45) is 0 Å². The first kappa shape index (κ1) is 15.7. The predicted molar refractivity (Wildman–Crippen MR) is 62.8 cm³/mol. The van der Waals surface area contributed by atoms with E-state index in [0.29, 0.717) is 6.54 Å². The zero-order chi connectivity index (χ0) is 13.6. The molecule has 7 heteroatoms. The maximum absolute atomic E-state index is 11.4. The van der Waals surface area contributed by atoms with E-state index < -0.39 is 24.1 Å². The normalized spacial score (nSPS) is 16.1. The van der Waals surface area contributed by atoms with Crippen LogP contribution in [0, 0.1) is 0 Å². The second-order valence-electron chi connectivity index (χ2n) is 4.34. The molecule has 100 valence electrons. The van der Waals surface area contributed by atoms with Crippen LogP contribution in [0.4, 0.5) is 4.79 Å². The summed E-state index contributed by atoms with van der Waals surface area (Å²) in [6, 6.07) is -2.03. The molecule has 0 aliphatic carbocycles. The first-order valence-electron chi connectivity index (χ1n) is 5.36. The van der Waals surface area contributed by atoms with Gasteiger partial charge in [0.1, 0.15) is 0 Å². The molecule has 0 saturated carbocycles. The van der Waals surface area contributed by atoms with Crippen LogP contribution in [0.1, 0.15) is 13.8 Å². The maximum Gasteiger partial charge on any atom is 0.328 e. The Kier molecular flexibility index (Phi) is 6.52. The number of nitrogens with zero attached hydrogens (tertiary/aromatic N) is 1. The molecule has 0 rings (SSSR count). The van der Waals surface area contributed by atoms with Crippen LogP contribution in [0.25, 0.3) is 0 Å². The average molecular weight is 247 g/mol. The van der Waals surface area contributed by atoms with Gasteiger partial charge in [-0.05, 0) is 27.9 Å². The van der Waals surface area contributed by atoms with Crippen LogP contribution in [-0.4, -0.2) is 65.9 Å². The van der Waals surface area contributed by atoms with E-state index in [9.17, 15) is 14.7 Å². The van der Waals surface area contributed by atoms with Gasteiger partial charge < -0.3 is 25.7 Å². The summed E-state index contributed by atoms with van der Waals surface area (Å²) in [5.41, 5.74) is 0. The van der Waals surface area contributed by atoms with Crippen LogP contribution in [-0.2, 0) is 4.79 Å². The number of rotatable bonds is 6. The summed E-state index contributed by atoms with van der Waals surface area (Å²) in [4.78, 5) is 24.1. The lowest BCUT2D eigenvalue weighted by atomic mass is 10.2. The molecule has 3 atom stereocenters. The molecule has 0 bridgehead atoms. The summed E-state index contributed by atoms with van der Waals surface area (Å²) in [6.45, 7) is 3.75. The number of urea groups is 1. The lowest BCUT2D eigenvalue weighted by Gasteiger charge is -2.21. The molecule has 0 fully saturated rings. The van der Waals surface area contributed by atoms with Gasteiger partial charge in [-0.3, -0.25) is 0 Å². The van der Waals surface area contributed by atoms with Crippen LogP contribution in [0.3, 0.4) is 0 Å². The topological polar surface area (TPSA) is 102 Å². The zero-order valence-electron chi connectivity index (χ0n) is 10.6. The Morgan fingerprint density at radius 2 is 1.76 bits per heavy atom. The fraction of sp³-hybridized carbons (Fsp3) is 0.800. The molecule has 0 radical (unpaired) electrons. The molecular weight excluding hydrogens is 226 g/mol. The van der Waals surface area contributed by atoms with Crippen molar-refractivity contribution >= 4 is 12.0 Å². The SMILES string of the molecule is CC(CN(C)C)NC(=O)NC(C(=O)O)C(C)O. The predicted octanol–water partition coefficient (Wildman–Crippen LogP) is -0.930. The Balaban J connectivity index is 4.19. The third-order valence-corrected chi connectivity index (χ3v) is 2.05. The Morgan fingerprint density at radius 3 is 2.12 bits per heavy atom. The highest BCUT2D eigenvalue weighted by Gasteiger charge is 2.25. The molecule has 3 unspecified atom stereocenters. The molecule has 0 saturated heterocycles. The van der Waals surface area contributed by atoms with Crippen molar-refractivity contribution in [2.45, 2.75) is 32.0 Å². The molecule has 0 aliphatic heterocycles. The Morgan fingerprint density at radius 1 is 1.24 bits per heavy atom. The molecule has 0 heterocycles. The number of carbonyl (C=O) groups is 2. The third kappa shape index (κ3) is 6.75. The number of hydrogen-bond acceptors (Lipinski definition) is 4. The standard InChI is InChI=1S/C10H21N3O4/c1-6(5-13(3)4)11-10(17)12-8(7(2)14)9(15)16/h6-8,14H,5H2,1-4H3,(H,15,16)(H2,11,12,17). The van der Waals surface area contributed by atoms with E-state index in [2.05, 4.69) is 10.6 Å². The number of aliphatic carboxylic acids is 1. The minimum Gasteiger partial charge on any atom is -0.480 e. The van der Waals surface area contributed by atoms with Gasteiger partial charge >= 0.3 is 12.0 Å². The van der Waals surface area contributed by atoms with Crippen molar-refractivity contribution in [1.82, 2.24) is 15.5 Å². The van der Waals surface area contributed by atoms with Gasteiger partial charge in [-0.25, -0.2) is 9.59 Å². The van der Waals surface area contributed by atoms with E-state index in [0.717, 1.165) is 0 Å². The summed E-state index contributed by atoms with van der Waals surface area (Å²) in [5, 5.41) is 22.7. The molecule has 0 spiro atoms. The van der Waals surface area contributed by atoms with E-state index in [1.54, 1.807) is 6.92 Å². The van der Waals surface area contributed by atoms with Gasteiger partial charge in [-0.2, -0.15) is 0 Å². The number of carbonyl (C=O) groups excluding carboxylic acids is 1. The van der Waals surface area contributed by atoms with E-state index >= 15 is 0 Å². The molecule has 4 N–H and O–H groups in total. The van der Waals surface area contributed by atoms with E-state index in [4.69, 9.17) is 5.11 Å². The van der Waals surface area contributed by atoms with Gasteiger partial charge in [0.05, 0.1) is 6.10 Å². The fourth-order valence-corrected chi connectivity index (χ4v) is 1.39. The van der Waals surface area contributed by atoms with E-state index in [1.807, 2.05) is 19.0 Å². The number of aliphatic hydroxyl groups excluding tert-OH is 1. The monoisotopic (exact) mass is 247 g/mol. The largest absolute Gasteiger partial charge is 0.480 e. The number of carboxylic acid groups (broad SMARTS) is 1. The molecule has 2 amide bonds. The first-order valence-corrected chi connectivity index (χ1v) is 5.36. The Bertz CT molecular complexity index is 268. The summed E-state index contributed by atoms with van der Waals surface area (Å²) in [5.74, 6) is -1.27. The number of nitrogens with one attached hydrogen (secondary N) is 2. The zero-order valence-corrected chi connectivity index (χ0v) is 10.6. The summed E-state index contributed by atoms with van der Waals surface area (Å²) in [6.07, 6.45) is -1.15. The molecular formula is C10H21N3O4. The van der Waals surface area contributed by atoms with Crippen molar-refractivity contribution in [3.63, 3.8) is 0 Å². The lowest BCUT2D eigenvalue weighted by molar-refractivity contribution is -0.141. The smallest absolute Gasteiger partial charge is 0.328 e. The van der Waals surface area contributed by atoms with Gasteiger partial charge in [0, 0.05) is 12.6 Å². The van der Waals surface area contributed by atoms with Gasteiger partial charge in [0.25, 0.3) is 0 Å². The number of carboxylic acids is 1. The van der Waals surface area contributed by atoms with Crippen LogP contribution in [0.5, 0.6) is 0 Å². The van der Waals surface area contributed by atoms with Crippen molar-refractivity contribution in [1.29, 1.82) is 0 Å². The van der Waals surface area contributed by atoms with Crippen molar-refractivity contribution in [3.8, 4) is 0 Å². The van der Waals surface area contributed by atoms with Gasteiger partial charge in [-0.1, -0.05) is 0 Å². The number of aliphatic hydroxyl groups is 1. The summed E-state index contributed by atoms with van der Waals surface area (Å²) < 4.78 is 0. The van der Waals surface area contributed by atoms with E-state index in [-0.39, 0.29) is 6.04 Å². The van der Waals surface area contributed by atoms with Gasteiger partial charge in [0.2, 0.25) is 0 Å². The second kappa shape index (κ2) is 7.08. The van der Waals surface area contributed by atoms with E-state index in [1.165, 1.54) is 6.92 Å². The minimum absolute atomic E-state index is 0.117. The molecule has 0 aliphatic rings. The van der Waals surface area contributed by atoms with Gasteiger partial charge in [-0.15, -0.1) is 0 Å². The van der Waals surface area contributed by atoms with Crippen LogP contribution < -0.4 is 10.6 Å². The number of hydrogen-bond donors (Lipinski definition) is 4. The Labute approximate surface area is 101 Å². The quantitative estimate of drug-likeness (QED) is 0.486. The second-order valence-corrected chi connectivity index (χ2v) is 4.34. The highest BCUT2D eigenvalue weighted by atomic mass is 16.4. The summed E-state index contributed by atoms with van der Waals surface area (Å²) in [7, 11) is 3.73. The maximum atomic E-state index is 11.4. The van der Waals surface area contributed by atoms with Crippen molar-refractivity contribution in [3.05, 3.63) is 0 Å². The fourth-order valence-electron chi connectivity index (χ4n) is 1.39. The highest BCUT2D eigenvalue weighted by Crippen LogP contribution is 1.93. The van der Waals surface area contributed by atoms with Gasteiger partial charge in [0.15, 0.2) is 6.04 Å². The molecule has 0 aromatic heterocycles. The molecule has 17 heavy (non-hydrogen) atoms. The first-order chi connectivity index (χ1) is 7.73.